The summed E-state index contributed by atoms with van der Waals surface area (Å²) in [5.74, 6) is -0.157. The summed E-state index contributed by atoms with van der Waals surface area (Å²) in [5, 5.41) is 11.8. The average Bonchev–Trinajstić information content (AvgIpc) is 2.47. The molecular formula is C14H14N2O3S. The Morgan fingerprint density at radius 1 is 1.20 bits per heavy atom. The summed E-state index contributed by atoms with van der Waals surface area (Å²) in [4.78, 5) is 16.7. The van der Waals surface area contributed by atoms with Gasteiger partial charge >= 0.3 is 0 Å². The van der Waals surface area contributed by atoms with Gasteiger partial charge in [-0.05, 0) is 23.4 Å². The number of thioether (sulfide) groups is 1. The van der Waals surface area contributed by atoms with E-state index >= 15 is 0 Å². The quantitative estimate of drug-likeness (QED) is 0.380. The van der Waals surface area contributed by atoms with Gasteiger partial charge < -0.3 is 5.21 Å². The smallest absolute Gasteiger partial charge is 0.254 e. The van der Waals surface area contributed by atoms with Crippen molar-refractivity contribution in [1.29, 1.82) is 0 Å². The fourth-order valence-corrected chi connectivity index (χ4v) is 2.17. The standard InChI is InChI=1S/C14H14N2O3S/c17-13(11-20-14-8-4-5-9-16(14)18)15-19-10-12-6-2-1-3-7-12/h1-9H,10-11H2,(H,15,17). The van der Waals surface area contributed by atoms with Gasteiger partial charge in [0, 0.05) is 12.1 Å². The summed E-state index contributed by atoms with van der Waals surface area (Å²) in [5.41, 5.74) is 3.32. The minimum Gasteiger partial charge on any atom is -0.618 e. The first-order valence-corrected chi connectivity index (χ1v) is 7.00. The number of hydrogen-bond donors (Lipinski definition) is 1. The number of hydroxylamine groups is 1. The van der Waals surface area contributed by atoms with Crippen molar-refractivity contribution in [3.05, 3.63) is 65.5 Å². The van der Waals surface area contributed by atoms with Crippen molar-refractivity contribution in [3.63, 3.8) is 0 Å². The van der Waals surface area contributed by atoms with Crippen LogP contribution in [0, 0.1) is 5.21 Å². The lowest BCUT2D eigenvalue weighted by atomic mass is 10.2. The lowest BCUT2D eigenvalue weighted by Crippen LogP contribution is -2.30. The summed E-state index contributed by atoms with van der Waals surface area (Å²) in [6.07, 6.45) is 1.39. The maximum Gasteiger partial charge on any atom is 0.254 e. The van der Waals surface area contributed by atoms with Gasteiger partial charge in [-0.1, -0.05) is 30.3 Å². The molecule has 20 heavy (non-hydrogen) atoms. The highest BCUT2D eigenvalue weighted by atomic mass is 32.2. The van der Waals surface area contributed by atoms with Gasteiger partial charge in [-0.25, -0.2) is 5.48 Å². The second-order valence-corrected chi connectivity index (χ2v) is 4.95. The zero-order valence-electron chi connectivity index (χ0n) is 10.7. The fraction of sp³-hybridized carbons (Fsp3) is 0.143. The number of carbonyl (C=O) groups is 1. The first kappa shape index (κ1) is 14.4. The van der Waals surface area contributed by atoms with Crippen LogP contribution in [0.3, 0.4) is 0 Å². The normalized spacial score (nSPS) is 10.2. The molecule has 0 spiro atoms. The number of nitrogens with one attached hydrogen (secondary N) is 1. The van der Waals surface area contributed by atoms with Crippen LogP contribution in [-0.2, 0) is 16.2 Å². The van der Waals surface area contributed by atoms with Crippen LogP contribution in [0.1, 0.15) is 5.56 Å². The molecule has 0 aliphatic heterocycles. The topological polar surface area (TPSA) is 65.3 Å². The molecule has 0 saturated heterocycles. The zero-order chi connectivity index (χ0) is 14.2. The van der Waals surface area contributed by atoms with Gasteiger partial charge in [0.1, 0.15) is 0 Å². The van der Waals surface area contributed by atoms with Crippen LogP contribution in [-0.4, -0.2) is 11.7 Å². The molecule has 0 aliphatic carbocycles. The number of aromatic nitrogens is 1. The van der Waals surface area contributed by atoms with Crippen LogP contribution < -0.4 is 10.2 Å². The van der Waals surface area contributed by atoms with E-state index in [1.54, 1.807) is 18.2 Å². The maximum atomic E-state index is 11.5. The van der Waals surface area contributed by atoms with E-state index in [1.807, 2.05) is 30.3 Å². The van der Waals surface area contributed by atoms with Crippen molar-refractivity contribution >= 4 is 17.7 Å². The molecule has 1 aromatic heterocycles. The Morgan fingerprint density at radius 2 is 1.95 bits per heavy atom. The second-order valence-electron chi connectivity index (χ2n) is 3.95. The summed E-state index contributed by atoms with van der Waals surface area (Å²) in [6, 6.07) is 14.6. The van der Waals surface area contributed by atoms with E-state index in [9.17, 15) is 10.0 Å². The van der Waals surface area contributed by atoms with Crippen molar-refractivity contribution in [2.75, 3.05) is 5.75 Å². The van der Waals surface area contributed by atoms with Crippen LogP contribution in [0.4, 0.5) is 0 Å². The predicted octanol–water partition coefficient (Wildman–Crippen LogP) is 1.66. The molecule has 0 saturated carbocycles. The van der Waals surface area contributed by atoms with E-state index in [2.05, 4.69) is 5.48 Å². The van der Waals surface area contributed by atoms with E-state index in [4.69, 9.17) is 4.84 Å². The van der Waals surface area contributed by atoms with Crippen molar-refractivity contribution in [2.24, 2.45) is 0 Å². The largest absolute Gasteiger partial charge is 0.618 e. The molecule has 0 bridgehead atoms. The number of benzene rings is 1. The second kappa shape index (κ2) is 7.52. The fourth-order valence-electron chi connectivity index (χ4n) is 1.47. The summed E-state index contributed by atoms with van der Waals surface area (Å²) in [7, 11) is 0. The maximum absolute atomic E-state index is 11.5. The molecule has 0 unspecified atom stereocenters. The highest BCUT2D eigenvalue weighted by Crippen LogP contribution is 2.11. The Morgan fingerprint density at radius 3 is 2.70 bits per heavy atom. The van der Waals surface area contributed by atoms with Crippen LogP contribution in [0.2, 0.25) is 0 Å². The molecule has 2 aromatic rings. The minimum atomic E-state index is -0.283. The number of rotatable bonds is 6. The number of hydrogen-bond acceptors (Lipinski definition) is 4. The lowest BCUT2D eigenvalue weighted by molar-refractivity contribution is -0.645. The molecule has 1 heterocycles. The molecular weight excluding hydrogens is 276 g/mol. The van der Waals surface area contributed by atoms with E-state index in [0.29, 0.717) is 11.6 Å². The van der Waals surface area contributed by atoms with Gasteiger partial charge in [0.15, 0.2) is 6.20 Å². The summed E-state index contributed by atoms with van der Waals surface area (Å²) >= 11 is 1.16. The molecule has 2 rings (SSSR count). The number of nitrogens with zero attached hydrogens (tertiary/aromatic N) is 1. The first-order valence-electron chi connectivity index (χ1n) is 6.01. The van der Waals surface area contributed by atoms with E-state index < -0.39 is 0 Å². The Balaban J connectivity index is 1.70. The molecule has 0 radical (unpaired) electrons. The number of carbonyl (C=O) groups excluding carboxylic acids is 1. The highest BCUT2D eigenvalue weighted by molar-refractivity contribution is 7.99. The monoisotopic (exact) mass is 290 g/mol. The molecule has 0 fully saturated rings. The molecule has 1 amide bonds. The Bertz CT molecular complexity index is 563. The summed E-state index contributed by atoms with van der Waals surface area (Å²) in [6.45, 7) is 0.310. The molecule has 6 heteroatoms. The third kappa shape index (κ3) is 4.56. The van der Waals surface area contributed by atoms with Gasteiger partial charge in [0.25, 0.3) is 10.9 Å². The molecule has 1 aromatic carbocycles. The van der Waals surface area contributed by atoms with Gasteiger partial charge in [-0.3, -0.25) is 9.63 Å². The van der Waals surface area contributed by atoms with Crippen LogP contribution >= 0.6 is 11.8 Å². The van der Waals surface area contributed by atoms with Crippen molar-refractivity contribution < 1.29 is 14.4 Å². The third-order valence-corrected chi connectivity index (χ3v) is 3.43. The molecule has 0 aliphatic rings. The summed E-state index contributed by atoms with van der Waals surface area (Å²) < 4.78 is 0.725. The Labute approximate surface area is 121 Å². The minimum absolute atomic E-state index is 0.126. The van der Waals surface area contributed by atoms with Gasteiger partial charge in [0.05, 0.1) is 12.4 Å². The van der Waals surface area contributed by atoms with Crippen molar-refractivity contribution in [3.8, 4) is 0 Å². The number of pyridine rings is 1. The van der Waals surface area contributed by atoms with Gasteiger partial charge in [-0.2, -0.15) is 4.73 Å². The Kier molecular flexibility index (Phi) is 5.40. The zero-order valence-corrected chi connectivity index (χ0v) is 11.5. The SMILES string of the molecule is O=C(CSc1cccc[n+]1[O-])NOCc1ccccc1. The molecule has 5 nitrogen and oxygen atoms in total. The predicted molar refractivity (Wildman–Crippen MR) is 75.5 cm³/mol. The van der Waals surface area contributed by atoms with E-state index in [-0.39, 0.29) is 11.7 Å². The van der Waals surface area contributed by atoms with E-state index in [0.717, 1.165) is 22.1 Å². The lowest BCUT2D eigenvalue weighted by Gasteiger charge is -2.06. The van der Waals surface area contributed by atoms with Crippen LogP contribution in [0.5, 0.6) is 0 Å². The van der Waals surface area contributed by atoms with Crippen LogP contribution in [0.25, 0.3) is 0 Å². The van der Waals surface area contributed by atoms with Crippen molar-refractivity contribution in [1.82, 2.24) is 5.48 Å². The van der Waals surface area contributed by atoms with Crippen molar-refractivity contribution in [2.45, 2.75) is 11.6 Å². The van der Waals surface area contributed by atoms with E-state index in [1.165, 1.54) is 6.20 Å². The third-order valence-electron chi connectivity index (χ3n) is 2.41. The average molecular weight is 290 g/mol. The highest BCUT2D eigenvalue weighted by Gasteiger charge is 2.08. The van der Waals surface area contributed by atoms with Crippen LogP contribution in [0.15, 0.2) is 59.8 Å². The Hall–Kier alpha value is -2.05. The molecule has 104 valence electrons. The number of amides is 1. The van der Waals surface area contributed by atoms with Gasteiger partial charge in [-0.15, -0.1) is 0 Å². The van der Waals surface area contributed by atoms with Gasteiger partial charge in [0.2, 0.25) is 0 Å². The first-order chi connectivity index (χ1) is 9.75. The molecule has 0 atom stereocenters. The molecule has 1 N–H and O–H groups in total.